The summed E-state index contributed by atoms with van der Waals surface area (Å²) in [4.78, 5) is 0. The molecule has 0 aromatic rings. The Kier molecular flexibility index (Phi) is 1.71. The van der Waals surface area contributed by atoms with Gasteiger partial charge in [-0.3, -0.25) is 0 Å². The maximum Gasteiger partial charge on any atom is -0.00333 e. The fourth-order valence-corrected chi connectivity index (χ4v) is 4.04. The van der Waals surface area contributed by atoms with Crippen LogP contribution in [0.1, 0.15) is 20.3 Å². The first-order chi connectivity index (χ1) is 4.79. The number of thioether (sulfide) groups is 1. The van der Waals surface area contributed by atoms with Crippen molar-refractivity contribution in [3.05, 3.63) is 0 Å². The molecule has 0 amide bonds. The van der Waals surface area contributed by atoms with Crippen LogP contribution in [0.4, 0.5) is 0 Å². The SMILES string of the molecule is CC(C)C1CC2CSCC21. The molecule has 3 unspecified atom stereocenters. The molecule has 1 aliphatic carbocycles. The average molecular weight is 156 g/mol. The first-order valence-corrected chi connectivity index (χ1v) is 5.52. The monoisotopic (exact) mass is 156 g/mol. The Morgan fingerprint density at radius 3 is 2.70 bits per heavy atom. The Morgan fingerprint density at radius 1 is 1.30 bits per heavy atom. The average Bonchev–Trinajstić information content (AvgIpc) is 2.11. The van der Waals surface area contributed by atoms with E-state index in [-0.39, 0.29) is 0 Å². The van der Waals surface area contributed by atoms with Crippen LogP contribution in [0.5, 0.6) is 0 Å². The summed E-state index contributed by atoms with van der Waals surface area (Å²) in [6, 6.07) is 0. The summed E-state index contributed by atoms with van der Waals surface area (Å²) in [7, 11) is 0. The largest absolute Gasteiger partial charge is 0.161 e. The van der Waals surface area contributed by atoms with E-state index in [0.29, 0.717) is 0 Å². The first kappa shape index (κ1) is 7.02. The van der Waals surface area contributed by atoms with Gasteiger partial charge in [-0.05, 0) is 41.6 Å². The van der Waals surface area contributed by atoms with Gasteiger partial charge in [-0.2, -0.15) is 11.8 Å². The molecule has 1 heterocycles. The van der Waals surface area contributed by atoms with Crippen molar-refractivity contribution in [3.8, 4) is 0 Å². The summed E-state index contributed by atoms with van der Waals surface area (Å²) in [6.07, 6.45) is 1.54. The smallest absolute Gasteiger partial charge is 0.00333 e. The molecule has 0 aromatic carbocycles. The van der Waals surface area contributed by atoms with Gasteiger partial charge in [0.1, 0.15) is 0 Å². The molecule has 1 saturated heterocycles. The van der Waals surface area contributed by atoms with Crippen molar-refractivity contribution in [2.45, 2.75) is 20.3 Å². The van der Waals surface area contributed by atoms with Gasteiger partial charge in [0.05, 0.1) is 0 Å². The van der Waals surface area contributed by atoms with Gasteiger partial charge < -0.3 is 0 Å². The lowest BCUT2D eigenvalue weighted by atomic mass is 9.62. The Hall–Kier alpha value is 0.350. The van der Waals surface area contributed by atoms with E-state index in [1.807, 2.05) is 0 Å². The van der Waals surface area contributed by atoms with E-state index in [2.05, 4.69) is 25.6 Å². The summed E-state index contributed by atoms with van der Waals surface area (Å²) < 4.78 is 0. The van der Waals surface area contributed by atoms with Crippen LogP contribution in [0.3, 0.4) is 0 Å². The highest BCUT2D eigenvalue weighted by atomic mass is 32.2. The third kappa shape index (κ3) is 0.903. The molecule has 58 valence electrons. The maximum atomic E-state index is 2.38. The number of hydrogen-bond donors (Lipinski definition) is 0. The van der Waals surface area contributed by atoms with E-state index in [0.717, 1.165) is 23.7 Å². The minimum Gasteiger partial charge on any atom is -0.161 e. The minimum atomic E-state index is 0.944. The van der Waals surface area contributed by atoms with Crippen molar-refractivity contribution in [1.29, 1.82) is 0 Å². The predicted octanol–water partition coefficient (Wildman–Crippen LogP) is 2.64. The van der Waals surface area contributed by atoms with E-state index in [4.69, 9.17) is 0 Å². The van der Waals surface area contributed by atoms with E-state index in [1.54, 1.807) is 0 Å². The second-order valence-electron chi connectivity index (χ2n) is 4.10. The third-order valence-electron chi connectivity index (χ3n) is 3.23. The fourth-order valence-electron chi connectivity index (χ4n) is 2.43. The van der Waals surface area contributed by atoms with Crippen LogP contribution in [0, 0.1) is 23.7 Å². The molecule has 1 saturated carbocycles. The summed E-state index contributed by atoms with van der Waals surface area (Å²) in [5.41, 5.74) is 0. The highest BCUT2D eigenvalue weighted by Gasteiger charge is 2.44. The molecule has 2 fully saturated rings. The normalized spacial score (nSPS) is 45.3. The van der Waals surface area contributed by atoms with Crippen LogP contribution >= 0.6 is 11.8 Å². The molecule has 10 heavy (non-hydrogen) atoms. The molecule has 0 N–H and O–H groups in total. The van der Waals surface area contributed by atoms with Gasteiger partial charge in [0.2, 0.25) is 0 Å². The van der Waals surface area contributed by atoms with Gasteiger partial charge in [0, 0.05) is 0 Å². The first-order valence-electron chi connectivity index (χ1n) is 4.37. The lowest BCUT2D eigenvalue weighted by molar-refractivity contribution is 0.0778. The van der Waals surface area contributed by atoms with Crippen molar-refractivity contribution in [2.24, 2.45) is 23.7 Å². The quantitative estimate of drug-likeness (QED) is 0.562. The van der Waals surface area contributed by atoms with E-state index < -0.39 is 0 Å². The molecular weight excluding hydrogens is 140 g/mol. The van der Waals surface area contributed by atoms with Crippen LogP contribution in [-0.4, -0.2) is 11.5 Å². The molecule has 2 aliphatic rings. The molecule has 0 spiro atoms. The number of hydrogen-bond acceptors (Lipinski definition) is 1. The van der Waals surface area contributed by atoms with Gasteiger partial charge in [0.15, 0.2) is 0 Å². The van der Waals surface area contributed by atoms with Crippen molar-refractivity contribution < 1.29 is 0 Å². The van der Waals surface area contributed by atoms with Gasteiger partial charge in [-0.25, -0.2) is 0 Å². The second-order valence-corrected chi connectivity index (χ2v) is 5.18. The summed E-state index contributed by atoms with van der Waals surface area (Å²) >= 11 is 2.17. The van der Waals surface area contributed by atoms with E-state index >= 15 is 0 Å². The molecule has 3 atom stereocenters. The summed E-state index contributed by atoms with van der Waals surface area (Å²) in [5, 5.41) is 0. The summed E-state index contributed by atoms with van der Waals surface area (Å²) in [5.74, 6) is 7.20. The molecule has 0 bridgehead atoms. The van der Waals surface area contributed by atoms with Crippen molar-refractivity contribution in [1.82, 2.24) is 0 Å². The number of fused-ring (bicyclic) bond motifs is 1. The van der Waals surface area contributed by atoms with Crippen molar-refractivity contribution >= 4 is 11.8 Å². The molecule has 0 radical (unpaired) electrons. The summed E-state index contributed by atoms with van der Waals surface area (Å²) in [6.45, 7) is 4.76. The topological polar surface area (TPSA) is 0 Å². The molecule has 1 aliphatic heterocycles. The molecule has 0 aromatic heterocycles. The Morgan fingerprint density at radius 2 is 2.10 bits per heavy atom. The zero-order valence-corrected chi connectivity index (χ0v) is 7.66. The molecule has 0 nitrogen and oxygen atoms in total. The predicted molar refractivity (Wildman–Crippen MR) is 47.3 cm³/mol. The zero-order chi connectivity index (χ0) is 7.14. The Balaban J connectivity index is 1.94. The standard InChI is InChI=1S/C9H16S/c1-6(2)8-3-7-4-10-5-9(7)8/h6-9H,3-5H2,1-2H3. The van der Waals surface area contributed by atoms with Crippen LogP contribution in [0.2, 0.25) is 0 Å². The zero-order valence-electron chi connectivity index (χ0n) is 6.84. The fraction of sp³-hybridized carbons (Fsp3) is 1.00. The van der Waals surface area contributed by atoms with E-state index in [9.17, 15) is 0 Å². The third-order valence-corrected chi connectivity index (χ3v) is 4.51. The van der Waals surface area contributed by atoms with Gasteiger partial charge in [-0.1, -0.05) is 13.8 Å². The van der Waals surface area contributed by atoms with Crippen LogP contribution in [0.15, 0.2) is 0 Å². The highest BCUT2D eigenvalue weighted by Crippen LogP contribution is 2.51. The van der Waals surface area contributed by atoms with Gasteiger partial charge >= 0.3 is 0 Å². The lowest BCUT2D eigenvalue weighted by Gasteiger charge is -2.42. The highest BCUT2D eigenvalue weighted by molar-refractivity contribution is 7.99. The van der Waals surface area contributed by atoms with Gasteiger partial charge in [-0.15, -0.1) is 0 Å². The maximum absolute atomic E-state index is 2.38. The number of rotatable bonds is 1. The minimum absolute atomic E-state index is 0.944. The second kappa shape index (κ2) is 2.44. The van der Waals surface area contributed by atoms with E-state index in [1.165, 1.54) is 17.9 Å². The molecule has 2 rings (SSSR count). The Labute approximate surface area is 67.8 Å². The molecule has 1 heteroatoms. The Bertz CT molecular complexity index is 131. The van der Waals surface area contributed by atoms with Crippen LogP contribution in [-0.2, 0) is 0 Å². The van der Waals surface area contributed by atoms with Crippen LogP contribution in [0.25, 0.3) is 0 Å². The van der Waals surface area contributed by atoms with Gasteiger partial charge in [0.25, 0.3) is 0 Å². The molecular formula is C9H16S. The van der Waals surface area contributed by atoms with Crippen LogP contribution < -0.4 is 0 Å². The lowest BCUT2D eigenvalue weighted by Crippen LogP contribution is -2.38. The van der Waals surface area contributed by atoms with Crippen molar-refractivity contribution in [3.63, 3.8) is 0 Å². The van der Waals surface area contributed by atoms with Crippen molar-refractivity contribution in [2.75, 3.05) is 11.5 Å².